The summed E-state index contributed by atoms with van der Waals surface area (Å²) < 4.78 is 29.2. The molecule has 6 nitrogen and oxygen atoms in total. The van der Waals surface area contributed by atoms with Crippen molar-refractivity contribution >= 4 is 22.8 Å². The molecule has 4 aromatic rings. The van der Waals surface area contributed by atoms with Crippen LogP contribution in [0.2, 0.25) is 0 Å². The van der Waals surface area contributed by atoms with E-state index in [1.54, 1.807) is 7.05 Å². The van der Waals surface area contributed by atoms with Crippen LogP contribution >= 0.6 is 0 Å². The summed E-state index contributed by atoms with van der Waals surface area (Å²) in [5, 5.41) is 7.80. The first-order valence-electron chi connectivity index (χ1n) is 8.26. The van der Waals surface area contributed by atoms with Gasteiger partial charge in [0, 0.05) is 25.2 Å². The van der Waals surface area contributed by atoms with Crippen molar-refractivity contribution in [3.8, 4) is 11.3 Å². The number of fused-ring (bicyclic) bond motifs is 1. The fourth-order valence-corrected chi connectivity index (χ4v) is 2.85. The molecule has 2 aromatic heterocycles. The first-order valence-corrected chi connectivity index (χ1v) is 8.26. The number of hydrogen-bond acceptors (Lipinski definition) is 5. The summed E-state index contributed by atoms with van der Waals surface area (Å²) in [6.45, 7) is 0.486. The maximum Gasteiger partial charge on any atom is 0.225 e. The summed E-state index contributed by atoms with van der Waals surface area (Å²) in [6.07, 6.45) is 0. The van der Waals surface area contributed by atoms with Crippen molar-refractivity contribution in [3.05, 3.63) is 65.7 Å². The molecular formula is C19H16F2N6. The number of aryl methyl sites for hydroxylation is 1. The maximum absolute atomic E-state index is 14.4. The molecule has 0 radical (unpaired) electrons. The van der Waals surface area contributed by atoms with Crippen molar-refractivity contribution in [2.45, 2.75) is 6.54 Å². The van der Waals surface area contributed by atoms with E-state index in [1.807, 2.05) is 30.3 Å². The van der Waals surface area contributed by atoms with Crippen molar-refractivity contribution in [1.82, 2.24) is 19.7 Å². The molecule has 0 amide bonds. The molecule has 8 heteroatoms. The number of anilines is 2. The Balaban J connectivity index is 1.82. The molecule has 27 heavy (non-hydrogen) atoms. The number of halogens is 2. The van der Waals surface area contributed by atoms with Crippen LogP contribution in [-0.2, 0) is 13.6 Å². The molecule has 3 N–H and O–H groups in total. The van der Waals surface area contributed by atoms with Gasteiger partial charge in [0.15, 0.2) is 5.65 Å². The Morgan fingerprint density at radius 2 is 1.85 bits per heavy atom. The fraction of sp³-hybridized carbons (Fsp3) is 0.105. The Kier molecular flexibility index (Phi) is 4.15. The zero-order valence-electron chi connectivity index (χ0n) is 14.4. The Morgan fingerprint density at radius 3 is 2.59 bits per heavy atom. The number of nitrogens with two attached hydrogens (primary N) is 1. The zero-order chi connectivity index (χ0) is 19.0. The van der Waals surface area contributed by atoms with Crippen LogP contribution in [-0.4, -0.2) is 19.7 Å². The molecule has 0 saturated heterocycles. The number of nitrogens with one attached hydrogen (secondary N) is 1. The number of rotatable bonds is 4. The van der Waals surface area contributed by atoms with E-state index < -0.39 is 11.6 Å². The minimum Gasteiger partial charge on any atom is -0.383 e. The number of benzene rings is 2. The first-order chi connectivity index (χ1) is 13.0. The second kappa shape index (κ2) is 6.64. The van der Waals surface area contributed by atoms with Crippen molar-refractivity contribution in [3.63, 3.8) is 0 Å². The third kappa shape index (κ3) is 3.17. The third-order valence-corrected chi connectivity index (χ3v) is 4.22. The van der Waals surface area contributed by atoms with E-state index in [2.05, 4.69) is 20.4 Å². The number of nitrogens with zero attached hydrogens (tertiary/aromatic N) is 4. The highest BCUT2D eigenvalue weighted by molar-refractivity contribution is 5.98. The van der Waals surface area contributed by atoms with E-state index in [9.17, 15) is 8.78 Å². The molecule has 0 spiro atoms. The van der Waals surface area contributed by atoms with Crippen LogP contribution in [0.25, 0.3) is 22.3 Å². The van der Waals surface area contributed by atoms with Crippen LogP contribution in [0.3, 0.4) is 0 Å². The standard InChI is InChI=1S/C19H16F2N6/c1-27-17(22)15-16(13-8-7-12(20)9-14(13)21)24-19(25-18(15)26-27)23-10-11-5-3-2-4-6-11/h2-9H,10,22H2,1H3,(H,23,25,26). The van der Waals surface area contributed by atoms with Gasteiger partial charge in [0.05, 0.1) is 11.1 Å². The minimum absolute atomic E-state index is 0.131. The van der Waals surface area contributed by atoms with E-state index in [0.29, 0.717) is 23.4 Å². The number of hydrogen-bond donors (Lipinski definition) is 2. The Labute approximate surface area is 153 Å². The highest BCUT2D eigenvalue weighted by atomic mass is 19.1. The lowest BCUT2D eigenvalue weighted by atomic mass is 10.1. The normalized spacial score (nSPS) is 11.1. The van der Waals surface area contributed by atoms with Gasteiger partial charge in [-0.15, -0.1) is 0 Å². The molecule has 0 aliphatic heterocycles. The lowest BCUT2D eigenvalue weighted by Crippen LogP contribution is -2.05. The summed E-state index contributed by atoms with van der Waals surface area (Å²) in [6, 6.07) is 13.0. The van der Waals surface area contributed by atoms with Crippen molar-refractivity contribution < 1.29 is 8.78 Å². The second-order valence-electron chi connectivity index (χ2n) is 6.07. The largest absolute Gasteiger partial charge is 0.383 e. The van der Waals surface area contributed by atoms with Crippen molar-refractivity contribution in [2.75, 3.05) is 11.1 Å². The van der Waals surface area contributed by atoms with E-state index in [1.165, 1.54) is 16.8 Å². The summed E-state index contributed by atoms with van der Waals surface area (Å²) in [4.78, 5) is 8.81. The predicted molar refractivity (Wildman–Crippen MR) is 99.8 cm³/mol. The monoisotopic (exact) mass is 366 g/mol. The van der Waals surface area contributed by atoms with Crippen LogP contribution < -0.4 is 11.1 Å². The van der Waals surface area contributed by atoms with Crippen LogP contribution in [0, 0.1) is 11.6 Å². The molecule has 0 aliphatic carbocycles. The maximum atomic E-state index is 14.4. The topological polar surface area (TPSA) is 81.7 Å². The van der Waals surface area contributed by atoms with Gasteiger partial charge in [-0.05, 0) is 17.7 Å². The van der Waals surface area contributed by atoms with Gasteiger partial charge < -0.3 is 11.1 Å². The molecule has 0 saturated carbocycles. The van der Waals surface area contributed by atoms with Gasteiger partial charge in [0.2, 0.25) is 5.95 Å². The lowest BCUT2D eigenvalue weighted by Gasteiger charge is -2.09. The van der Waals surface area contributed by atoms with Crippen LogP contribution in [0.4, 0.5) is 20.5 Å². The smallest absolute Gasteiger partial charge is 0.225 e. The Bertz CT molecular complexity index is 1120. The molecule has 0 atom stereocenters. The third-order valence-electron chi connectivity index (χ3n) is 4.22. The van der Waals surface area contributed by atoms with Gasteiger partial charge in [-0.25, -0.2) is 13.8 Å². The molecular weight excluding hydrogens is 350 g/mol. The molecule has 136 valence electrons. The van der Waals surface area contributed by atoms with Crippen LogP contribution in [0.15, 0.2) is 48.5 Å². The fourth-order valence-electron chi connectivity index (χ4n) is 2.85. The van der Waals surface area contributed by atoms with Gasteiger partial charge in [-0.3, -0.25) is 4.68 Å². The summed E-state index contributed by atoms with van der Waals surface area (Å²) >= 11 is 0. The molecule has 0 bridgehead atoms. The molecule has 2 aromatic carbocycles. The lowest BCUT2D eigenvalue weighted by molar-refractivity contribution is 0.585. The highest BCUT2D eigenvalue weighted by Gasteiger charge is 2.19. The van der Waals surface area contributed by atoms with Gasteiger partial charge in [0.25, 0.3) is 0 Å². The summed E-state index contributed by atoms with van der Waals surface area (Å²) in [5.41, 5.74) is 7.84. The van der Waals surface area contributed by atoms with Gasteiger partial charge in [-0.1, -0.05) is 30.3 Å². The highest BCUT2D eigenvalue weighted by Crippen LogP contribution is 2.32. The van der Waals surface area contributed by atoms with Crippen molar-refractivity contribution in [1.29, 1.82) is 0 Å². The SMILES string of the molecule is Cn1nc2nc(NCc3ccccc3)nc(-c3ccc(F)cc3F)c2c1N. The summed E-state index contributed by atoms with van der Waals surface area (Å²) in [5.74, 6) is -0.808. The molecule has 2 heterocycles. The van der Waals surface area contributed by atoms with Gasteiger partial charge in [0.1, 0.15) is 17.5 Å². The van der Waals surface area contributed by atoms with Gasteiger partial charge in [-0.2, -0.15) is 10.1 Å². The van der Waals surface area contributed by atoms with Crippen molar-refractivity contribution in [2.24, 2.45) is 7.05 Å². The van der Waals surface area contributed by atoms with Crippen LogP contribution in [0.1, 0.15) is 5.56 Å². The minimum atomic E-state index is -0.729. The number of aromatic nitrogens is 4. The van der Waals surface area contributed by atoms with E-state index in [4.69, 9.17) is 5.73 Å². The summed E-state index contributed by atoms with van der Waals surface area (Å²) in [7, 11) is 1.67. The van der Waals surface area contributed by atoms with E-state index >= 15 is 0 Å². The van der Waals surface area contributed by atoms with Crippen LogP contribution in [0.5, 0.6) is 0 Å². The Hall–Kier alpha value is -3.55. The van der Waals surface area contributed by atoms with E-state index in [-0.39, 0.29) is 17.2 Å². The molecule has 0 fully saturated rings. The predicted octanol–water partition coefficient (Wildman–Crippen LogP) is 3.50. The van der Waals surface area contributed by atoms with E-state index in [0.717, 1.165) is 11.6 Å². The molecule has 0 unspecified atom stereocenters. The second-order valence-corrected chi connectivity index (χ2v) is 6.07. The average Bonchev–Trinajstić information content (AvgIpc) is 2.94. The molecule has 0 aliphatic rings. The average molecular weight is 366 g/mol. The number of nitrogen functional groups attached to an aromatic ring is 1. The van der Waals surface area contributed by atoms with Gasteiger partial charge >= 0.3 is 0 Å². The Morgan fingerprint density at radius 1 is 1.07 bits per heavy atom. The molecule has 4 rings (SSSR count). The zero-order valence-corrected chi connectivity index (χ0v) is 14.4. The quantitative estimate of drug-likeness (QED) is 0.578. The first kappa shape index (κ1) is 16.9.